The van der Waals surface area contributed by atoms with Crippen molar-refractivity contribution in [3.8, 4) is 0 Å². The largest absolute Gasteiger partial charge is 0.372 e. The number of anilines is 2. The lowest BCUT2D eigenvalue weighted by molar-refractivity contribution is -0.121. The molecule has 0 aliphatic carbocycles. The van der Waals surface area contributed by atoms with Crippen LogP contribution < -0.4 is 10.2 Å². The summed E-state index contributed by atoms with van der Waals surface area (Å²) in [6.45, 7) is 14.9. The van der Waals surface area contributed by atoms with Crippen LogP contribution in [0.3, 0.4) is 0 Å². The molecule has 3 rings (SSSR count). The van der Waals surface area contributed by atoms with Gasteiger partial charge in [-0.15, -0.1) is 0 Å². The van der Waals surface area contributed by atoms with E-state index in [0.717, 1.165) is 41.7 Å². The molecule has 1 heterocycles. The van der Waals surface area contributed by atoms with E-state index in [1.54, 1.807) is 11.0 Å². The van der Waals surface area contributed by atoms with Gasteiger partial charge in [0.25, 0.3) is 5.91 Å². The number of allylic oxidation sites excluding steroid dienone is 1. The lowest BCUT2D eigenvalue weighted by atomic mass is 9.96. The molecule has 2 aromatic rings. The Morgan fingerprint density at radius 3 is 2.36 bits per heavy atom. The molecule has 1 aliphatic heterocycles. The smallest absolute Gasteiger partial charge is 0.260 e. The molecule has 36 heavy (non-hydrogen) atoms. The Hall–Kier alpha value is -2.83. The van der Waals surface area contributed by atoms with Crippen molar-refractivity contribution in [1.29, 1.82) is 0 Å². The SMILES string of the molecule is C=C(/N=C1\C(=C/C)C=C(c2ccc(Br)cc2Cl)C(=O)N1CC)Nc1ccc(N(CCC)CCC)cc1. The highest BCUT2D eigenvalue weighted by molar-refractivity contribution is 9.10. The molecule has 0 bridgehead atoms. The normalized spacial score (nSPS) is 15.9. The van der Waals surface area contributed by atoms with E-state index in [9.17, 15) is 4.79 Å². The fraction of sp³-hybridized carbons (Fsp3) is 0.310. The second kappa shape index (κ2) is 12.9. The van der Waals surface area contributed by atoms with Gasteiger partial charge in [-0.2, -0.15) is 0 Å². The van der Waals surface area contributed by atoms with Crippen LogP contribution in [0, 0.1) is 0 Å². The van der Waals surface area contributed by atoms with Crippen molar-refractivity contribution in [1.82, 2.24) is 4.90 Å². The quantitative estimate of drug-likeness (QED) is 0.316. The van der Waals surface area contributed by atoms with E-state index in [-0.39, 0.29) is 5.91 Å². The molecule has 0 aromatic heterocycles. The summed E-state index contributed by atoms with van der Waals surface area (Å²) in [5.41, 5.74) is 4.17. The molecule has 0 fully saturated rings. The second-order valence-electron chi connectivity index (χ2n) is 8.52. The van der Waals surface area contributed by atoms with Crippen LogP contribution in [0.5, 0.6) is 0 Å². The summed E-state index contributed by atoms with van der Waals surface area (Å²) < 4.78 is 0.861. The molecule has 0 saturated heterocycles. The van der Waals surface area contributed by atoms with Gasteiger partial charge in [0.15, 0.2) is 0 Å². The van der Waals surface area contributed by atoms with Gasteiger partial charge in [0, 0.05) is 57.2 Å². The van der Waals surface area contributed by atoms with E-state index in [1.807, 2.05) is 50.3 Å². The fourth-order valence-corrected chi connectivity index (χ4v) is 4.97. The second-order valence-corrected chi connectivity index (χ2v) is 9.84. The number of aliphatic imine (C=N–C) groups is 1. The van der Waals surface area contributed by atoms with Crippen LogP contribution in [0.4, 0.5) is 11.4 Å². The first-order valence-corrected chi connectivity index (χ1v) is 13.5. The Morgan fingerprint density at radius 2 is 1.81 bits per heavy atom. The number of hydrogen-bond acceptors (Lipinski definition) is 4. The zero-order valence-electron chi connectivity index (χ0n) is 21.4. The molecule has 5 nitrogen and oxygen atoms in total. The standard InChI is InChI=1S/C29H34BrClN4O/c1-6-16-34(17-7-2)24-13-11-23(12-14-24)32-20(5)33-28-21(8-3)18-26(29(36)35(28)9-4)25-15-10-22(30)19-27(25)31/h8,10-15,18-19,32H,5-7,9,16-17H2,1-4H3/b21-8-,33-28+. The van der Waals surface area contributed by atoms with Crippen molar-refractivity contribution in [2.75, 3.05) is 29.9 Å². The molecule has 1 amide bonds. The minimum atomic E-state index is -0.143. The van der Waals surface area contributed by atoms with Crippen molar-refractivity contribution in [3.63, 3.8) is 0 Å². The van der Waals surface area contributed by atoms with Gasteiger partial charge in [-0.25, -0.2) is 4.99 Å². The fourth-order valence-electron chi connectivity index (χ4n) is 4.20. The van der Waals surface area contributed by atoms with Crippen LogP contribution in [0.1, 0.15) is 46.1 Å². The first-order valence-electron chi connectivity index (χ1n) is 12.4. The average molecular weight is 570 g/mol. The zero-order valence-corrected chi connectivity index (χ0v) is 23.8. The highest BCUT2D eigenvalue weighted by Gasteiger charge is 2.30. The van der Waals surface area contributed by atoms with E-state index < -0.39 is 0 Å². The van der Waals surface area contributed by atoms with Crippen LogP contribution in [-0.2, 0) is 4.79 Å². The summed E-state index contributed by atoms with van der Waals surface area (Å²) in [4.78, 5) is 22.2. The Morgan fingerprint density at radius 1 is 1.14 bits per heavy atom. The highest BCUT2D eigenvalue weighted by atomic mass is 79.9. The summed E-state index contributed by atoms with van der Waals surface area (Å²) in [6, 6.07) is 13.8. The molecule has 2 aromatic carbocycles. The molecule has 0 spiro atoms. The molecule has 190 valence electrons. The maximum absolute atomic E-state index is 13.4. The molecule has 0 saturated carbocycles. The minimum absolute atomic E-state index is 0.143. The molecular weight excluding hydrogens is 536 g/mol. The van der Waals surface area contributed by atoms with Gasteiger partial charge in [-0.05, 0) is 69.2 Å². The number of likely N-dealkylation sites (N-methyl/N-ethyl adjacent to an activating group) is 1. The summed E-state index contributed by atoms with van der Waals surface area (Å²) in [6.07, 6.45) is 6.01. The highest BCUT2D eigenvalue weighted by Crippen LogP contribution is 2.33. The van der Waals surface area contributed by atoms with Gasteiger partial charge < -0.3 is 10.2 Å². The van der Waals surface area contributed by atoms with Gasteiger partial charge in [0.05, 0.1) is 0 Å². The number of benzene rings is 2. The lowest BCUT2D eigenvalue weighted by Crippen LogP contribution is -2.41. The number of amidine groups is 1. The summed E-state index contributed by atoms with van der Waals surface area (Å²) in [7, 11) is 0. The van der Waals surface area contributed by atoms with Crippen LogP contribution in [0.15, 0.2) is 82.1 Å². The Bertz CT molecular complexity index is 1190. The van der Waals surface area contributed by atoms with E-state index >= 15 is 0 Å². The van der Waals surface area contributed by atoms with Crippen LogP contribution >= 0.6 is 27.5 Å². The van der Waals surface area contributed by atoms with Gasteiger partial charge in [0.1, 0.15) is 11.7 Å². The van der Waals surface area contributed by atoms with E-state index in [1.165, 1.54) is 5.69 Å². The molecule has 1 aliphatic rings. The van der Waals surface area contributed by atoms with Gasteiger partial charge >= 0.3 is 0 Å². The number of halogens is 2. The maximum Gasteiger partial charge on any atom is 0.260 e. The minimum Gasteiger partial charge on any atom is -0.372 e. The molecule has 1 N–H and O–H groups in total. The topological polar surface area (TPSA) is 47.9 Å². The summed E-state index contributed by atoms with van der Waals surface area (Å²) in [5, 5.41) is 3.78. The number of nitrogens with zero attached hydrogens (tertiary/aromatic N) is 3. The molecule has 7 heteroatoms. The third-order valence-electron chi connectivity index (χ3n) is 5.89. The predicted octanol–water partition coefficient (Wildman–Crippen LogP) is 7.90. The van der Waals surface area contributed by atoms with Crippen LogP contribution in [0.25, 0.3) is 5.57 Å². The first-order chi connectivity index (χ1) is 17.3. The van der Waals surface area contributed by atoms with E-state index in [4.69, 9.17) is 16.6 Å². The number of rotatable bonds is 10. The predicted molar refractivity (Wildman–Crippen MR) is 158 cm³/mol. The van der Waals surface area contributed by atoms with Gasteiger partial charge in [0.2, 0.25) is 0 Å². The summed E-state index contributed by atoms with van der Waals surface area (Å²) >= 11 is 9.89. The van der Waals surface area contributed by atoms with Crippen LogP contribution in [0.2, 0.25) is 5.02 Å². The number of carbonyl (C=O) groups is 1. The number of amides is 1. The van der Waals surface area contributed by atoms with E-state index in [2.05, 4.69) is 58.7 Å². The van der Waals surface area contributed by atoms with Crippen molar-refractivity contribution < 1.29 is 4.79 Å². The van der Waals surface area contributed by atoms with Crippen LogP contribution in [-0.4, -0.2) is 36.3 Å². The van der Waals surface area contributed by atoms with Crippen molar-refractivity contribution in [2.45, 2.75) is 40.5 Å². The van der Waals surface area contributed by atoms with Gasteiger partial charge in [-0.3, -0.25) is 9.69 Å². The number of nitrogens with one attached hydrogen (secondary N) is 1. The Balaban J connectivity index is 1.85. The van der Waals surface area contributed by atoms with Crippen molar-refractivity contribution in [2.24, 2.45) is 4.99 Å². The molecule has 0 unspecified atom stereocenters. The Labute approximate surface area is 228 Å². The van der Waals surface area contributed by atoms with Crippen molar-refractivity contribution in [3.05, 3.63) is 87.6 Å². The van der Waals surface area contributed by atoms with E-state index in [0.29, 0.717) is 34.4 Å². The summed E-state index contributed by atoms with van der Waals surface area (Å²) in [5.74, 6) is 0.879. The average Bonchev–Trinajstić information content (AvgIpc) is 2.85. The monoisotopic (exact) mass is 568 g/mol. The maximum atomic E-state index is 13.4. The molecule has 0 atom stereocenters. The third-order valence-corrected chi connectivity index (χ3v) is 6.69. The van der Waals surface area contributed by atoms with Crippen molar-refractivity contribution >= 4 is 56.2 Å². The third kappa shape index (κ3) is 6.48. The number of hydrogen-bond donors (Lipinski definition) is 1. The Kier molecular flexibility index (Phi) is 9.97. The van der Waals surface area contributed by atoms with Gasteiger partial charge in [-0.1, -0.05) is 60.1 Å². The molecule has 0 radical (unpaired) electrons. The first kappa shape index (κ1) is 27.8. The molecular formula is C29H34BrClN4O. The lowest BCUT2D eigenvalue weighted by Gasteiger charge is -2.30. The zero-order chi connectivity index (χ0) is 26.2. The number of carbonyl (C=O) groups excluding carboxylic acids is 1.